The van der Waals surface area contributed by atoms with Gasteiger partial charge in [0.25, 0.3) is 5.91 Å². The Morgan fingerprint density at radius 1 is 1.00 bits per heavy atom. The fourth-order valence-electron chi connectivity index (χ4n) is 2.93. The number of aryl methyl sites for hydroxylation is 1. The molecule has 2 N–H and O–H groups in total. The van der Waals surface area contributed by atoms with Crippen molar-refractivity contribution >= 4 is 50.8 Å². The number of hydrogen-bond acceptors (Lipinski definition) is 7. The number of carbonyl (C=O) groups excluding carboxylic acids is 2. The molecule has 2 aromatic carbocycles. The molecular weight excluding hydrogens is 475 g/mol. The van der Waals surface area contributed by atoms with Gasteiger partial charge in [0.05, 0.1) is 23.4 Å². The van der Waals surface area contributed by atoms with Crippen LogP contribution in [0.1, 0.15) is 21.6 Å². The van der Waals surface area contributed by atoms with E-state index in [4.69, 9.17) is 4.74 Å². The van der Waals surface area contributed by atoms with E-state index in [1.165, 1.54) is 40.9 Å². The van der Waals surface area contributed by atoms with Crippen molar-refractivity contribution in [2.75, 3.05) is 17.7 Å². The molecule has 0 atom stereocenters. The number of methoxy groups -OCH3 is 1. The Hall–Kier alpha value is -3.89. The highest BCUT2D eigenvalue weighted by molar-refractivity contribution is 7.20. The molecule has 0 aliphatic carbocycles. The van der Waals surface area contributed by atoms with Crippen molar-refractivity contribution in [3.63, 3.8) is 0 Å². The summed E-state index contributed by atoms with van der Waals surface area (Å²) in [4.78, 5) is 34.4. The third-order valence-electron chi connectivity index (χ3n) is 4.63. The lowest BCUT2D eigenvalue weighted by Crippen LogP contribution is -2.11. The van der Waals surface area contributed by atoms with Gasteiger partial charge < -0.3 is 4.74 Å². The summed E-state index contributed by atoms with van der Waals surface area (Å²) in [6.45, 7) is 1.83. The number of carbonyl (C=O) groups is 2. The third-order valence-corrected chi connectivity index (χ3v) is 6.49. The van der Waals surface area contributed by atoms with Crippen LogP contribution in [0.15, 0.2) is 60.0 Å². The van der Waals surface area contributed by atoms with E-state index in [2.05, 4.69) is 20.6 Å². The first-order valence-electron chi connectivity index (χ1n) is 10.0. The molecule has 0 aliphatic rings. The fraction of sp³-hybridized carbons (Fsp3) is 0.0833. The van der Waals surface area contributed by atoms with Crippen LogP contribution in [0.2, 0.25) is 0 Å². The summed E-state index contributed by atoms with van der Waals surface area (Å²) in [5.41, 5.74) is 2.57. The number of benzene rings is 2. The van der Waals surface area contributed by atoms with E-state index in [1.807, 2.05) is 12.3 Å². The molecule has 10 heteroatoms. The normalized spacial score (nSPS) is 10.9. The first kappa shape index (κ1) is 23.3. The lowest BCUT2D eigenvalue weighted by Gasteiger charge is -2.03. The molecule has 0 unspecified atom stereocenters. The van der Waals surface area contributed by atoms with Crippen LogP contribution in [0.5, 0.6) is 5.75 Å². The summed E-state index contributed by atoms with van der Waals surface area (Å²) in [7, 11) is 1.56. The Morgan fingerprint density at radius 2 is 1.74 bits per heavy atom. The molecule has 172 valence electrons. The zero-order valence-corrected chi connectivity index (χ0v) is 19.8. The van der Waals surface area contributed by atoms with Crippen molar-refractivity contribution in [3.05, 3.63) is 82.6 Å². The van der Waals surface area contributed by atoms with E-state index < -0.39 is 0 Å². The van der Waals surface area contributed by atoms with Crippen molar-refractivity contribution in [1.29, 1.82) is 0 Å². The molecule has 0 spiro atoms. The van der Waals surface area contributed by atoms with Gasteiger partial charge in [-0.3, -0.25) is 20.2 Å². The maximum atomic E-state index is 13.0. The molecule has 34 heavy (non-hydrogen) atoms. The van der Waals surface area contributed by atoms with E-state index in [0.29, 0.717) is 32.8 Å². The summed E-state index contributed by atoms with van der Waals surface area (Å²) < 4.78 is 18.1. The highest BCUT2D eigenvalue weighted by atomic mass is 32.1. The first-order chi connectivity index (χ1) is 16.4. The fourth-order valence-corrected chi connectivity index (χ4v) is 4.63. The van der Waals surface area contributed by atoms with Gasteiger partial charge >= 0.3 is 0 Å². The van der Waals surface area contributed by atoms with Gasteiger partial charge in [-0.1, -0.05) is 23.5 Å². The predicted molar refractivity (Wildman–Crippen MR) is 133 cm³/mol. The van der Waals surface area contributed by atoms with Crippen molar-refractivity contribution < 1.29 is 18.7 Å². The van der Waals surface area contributed by atoms with Crippen LogP contribution in [0.25, 0.3) is 16.6 Å². The zero-order chi connectivity index (χ0) is 24.1. The molecule has 0 saturated carbocycles. The standard InChI is InChI=1S/C24H19FN4O3S2/c1-14-21(34-24(26-14)29-22(31)16-6-10-18(32-2)11-7-16)19-13-33-23(27-19)28-20(30)12-5-15-3-8-17(25)9-4-15/h3-13H,1-2H3,(H,26,29,31)(H,27,28,30)/b12-5+. The molecule has 0 aliphatic heterocycles. The Bertz CT molecular complexity index is 1350. The largest absolute Gasteiger partial charge is 0.497 e. The number of hydrogen-bond donors (Lipinski definition) is 2. The molecule has 4 rings (SSSR count). The highest BCUT2D eigenvalue weighted by Crippen LogP contribution is 2.34. The lowest BCUT2D eigenvalue weighted by atomic mass is 10.2. The number of anilines is 2. The summed E-state index contributed by atoms with van der Waals surface area (Å²) in [5.74, 6) is -0.291. The number of amides is 2. The van der Waals surface area contributed by atoms with Gasteiger partial charge in [-0.05, 0) is 55.0 Å². The molecule has 0 fully saturated rings. The monoisotopic (exact) mass is 494 g/mol. The van der Waals surface area contributed by atoms with Gasteiger partial charge in [-0.2, -0.15) is 0 Å². The van der Waals surface area contributed by atoms with Crippen LogP contribution >= 0.6 is 22.7 Å². The van der Waals surface area contributed by atoms with Crippen LogP contribution in [-0.2, 0) is 4.79 Å². The number of ether oxygens (including phenoxy) is 1. The second kappa shape index (κ2) is 10.4. The van der Waals surface area contributed by atoms with Gasteiger partial charge in [0.2, 0.25) is 5.91 Å². The van der Waals surface area contributed by atoms with Crippen molar-refractivity contribution in [2.45, 2.75) is 6.92 Å². The van der Waals surface area contributed by atoms with Gasteiger partial charge in [-0.25, -0.2) is 14.4 Å². The smallest absolute Gasteiger partial charge is 0.257 e. The first-order valence-corrected chi connectivity index (χ1v) is 11.7. The maximum absolute atomic E-state index is 13.0. The topological polar surface area (TPSA) is 93.2 Å². The number of aromatic nitrogens is 2. The Kier molecular flexibility index (Phi) is 7.09. The third kappa shape index (κ3) is 5.72. The van der Waals surface area contributed by atoms with Crippen molar-refractivity contribution in [1.82, 2.24) is 9.97 Å². The van der Waals surface area contributed by atoms with Crippen molar-refractivity contribution in [3.8, 4) is 16.3 Å². The second-order valence-electron chi connectivity index (χ2n) is 7.03. The molecule has 0 radical (unpaired) electrons. The van der Waals surface area contributed by atoms with E-state index in [0.717, 1.165) is 10.6 Å². The number of thiazole rings is 2. The Labute approximate surface area is 203 Å². The van der Waals surface area contributed by atoms with Gasteiger partial charge in [0.15, 0.2) is 10.3 Å². The van der Waals surface area contributed by atoms with Crippen LogP contribution in [0.3, 0.4) is 0 Å². The highest BCUT2D eigenvalue weighted by Gasteiger charge is 2.16. The number of rotatable bonds is 7. The molecule has 7 nitrogen and oxygen atoms in total. The van der Waals surface area contributed by atoms with E-state index in [9.17, 15) is 14.0 Å². The minimum absolute atomic E-state index is 0.276. The average molecular weight is 495 g/mol. The SMILES string of the molecule is COc1ccc(C(=O)Nc2nc(C)c(-c3csc(NC(=O)/C=C/c4ccc(F)cc4)n3)s2)cc1. The van der Waals surface area contributed by atoms with E-state index >= 15 is 0 Å². The molecule has 2 heterocycles. The molecule has 0 bridgehead atoms. The molecule has 0 saturated heterocycles. The number of halogens is 1. The summed E-state index contributed by atoms with van der Waals surface area (Å²) >= 11 is 2.58. The van der Waals surface area contributed by atoms with Crippen LogP contribution in [0.4, 0.5) is 14.7 Å². The van der Waals surface area contributed by atoms with Crippen LogP contribution in [0, 0.1) is 12.7 Å². The Morgan fingerprint density at radius 3 is 2.44 bits per heavy atom. The van der Waals surface area contributed by atoms with Gasteiger partial charge in [0.1, 0.15) is 11.6 Å². The van der Waals surface area contributed by atoms with Crippen LogP contribution in [-0.4, -0.2) is 28.9 Å². The van der Waals surface area contributed by atoms with E-state index in [-0.39, 0.29) is 17.6 Å². The maximum Gasteiger partial charge on any atom is 0.257 e. The minimum Gasteiger partial charge on any atom is -0.497 e. The van der Waals surface area contributed by atoms with Crippen LogP contribution < -0.4 is 15.4 Å². The molecule has 4 aromatic rings. The quantitative estimate of drug-likeness (QED) is 0.325. The average Bonchev–Trinajstić information content (AvgIpc) is 3.44. The van der Waals surface area contributed by atoms with Gasteiger partial charge in [0, 0.05) is 17.0 Å². The van der Waals surface area contributed by atoms with E-state index in [1.54, 1.807) is 49.6 Å². The predicted octanol–water partition coefficient (Wildman–Crippen LogP) is 5.63. The molecular formula is C24H19FN4O3S2. The summed E-state index contributed by atoms with van der Waals surface area (Å²) in [6, 6.07) is 12.6. The molecule has 2 aromatic heterocycles. The lowest BCUT2D eigenvalue weighted by molar-refractivity contribution is -0.111. The van der Waals surface area contributed by atoms with Crippen molar-refractivity contribution in [2.24, 2.45) is 0 Å². The number of nitrogens with zero attached hydrogens (tertiary/aromatic N) is 2. The second-order valence-corrected chi connectivity index (χ2v) is 8.89. The number of nitrogens with one attached hydrogen (secondary N) is 2. The summed E-state index contributed by atoms with van der Waals surface area (Å²) in [5, 5.41) is 8.22. The van der Waals surface area contributed by atoms with Gasteiger partial charge in [-0.15, -0.1) is 11.3 Å². The minimum atomic E-state index is -0.348. The zero-order valence-electron chi connectivity index (χ0n) is 18.2. The Balaban J connectivity index is 1.40. The molecule has 2 amide bonds. The summed E-state index contributed by atoms with van der Waals surface area (Å²) in [6.07, 6.45) is 2.95.